The van der Waals surface area contributed by atoms with Crippen molar-refractivity contribution in [2.45, 2.75) is 71.5 Å². The van der Waals surface area contributed by atoms with Gasteiger partial charge in [-0.2, -0.15) is 0 Å². The van der Waals surface area contributed by atoms with Crippen molar-refractivity contribution < 1.29 is 19.6 Å². The van der Waals surface area contributed by atoms with Gasteiger partial charge in [-0.3, -0.25) is 19.6 Å². The van der Waals surface area contributed by atoms with Crippen molar-refractivity contribution in [1.82, 2.24) is 20.6 Å². The zero-order chi connectivity index (χ0) is 24.2. The van der Waals surface area contributed by atoms with Crippen LogP contribution in [0.15, 0.2) is 30.3 Å². The Labute approximate surface area is 196 Å². The van der Waals surface area contributed by atoms with Crippen LogP contribution < -0.4 is 10.6 Å². The highest BCUT2D eigenvalue weighted by atomic mass is 16.5. The summed E-state index contributed by atoms with van der Waals surface area (Å²) in [7, 11) is 0. The molecule has 1 aromatic rings. The lowest BCUT2D eigenvalue weighted by atomic mass is 9.75. The van der Waals surface area contributed by atoms with Gasteiger partial charge in [0.25, 0.3) is 0 Å². The highest BCUT2D eigenvalue weighted by Crippen LogP contribution is 2.38. The molecule has 2 aliphatic rings. The third-order valence-corrected chi connectivity index (χ3v) is 6.64. The largest absolute Gasteiger partial charge is 0.356 e. The topological polar surface area (TPSA) is 102 Å². The van der Waals surface area contributed by atoms with Gasteiger partial charge in [0.15, 0.2) is 0 Å². The summed E-state index contributed by atoms with van der Waals surface area (Å²) in [5, 5.41) is 17.9. The Bertz CT molecular complexity index is 836. The van der Waals surface area contributed by atoms with E-state index in [0.29, 0.717) is 37.5 Å². The molecule has 33 heavy (non-hydrogen) atoms. The van der Waals surface area contributed by atoms with Crippen molar-refractivity contribution in [1.29, 1.82) is 0 Å². The van der Waals surface area contributed by atoms with E-state index in [1.165, 1.54) is 0 Å². The van der Waals surface area contributed by atoms with E-state index < -0.39 is 17.4 Å². The molecular formula is C25H38N4O4. The summed E-state index contributed by atoms with van der Waals surface area (Å²) in [6.07, 6.45) is 1.20. The molecule has 2 aliphatic heterocycles. The Balaban J connectivity index is 1.83. The third kappa shape index (κ3) is 6.12. The number of amides is 3. The predicted octanol–water partition coefficient (Wildman–Crippen LogP) is 1.97. The van der Waals surface area contributed by atoms with Gasteiger partial charge >= 0.3 is 0 Å². The predicted molar refractivity (Wildman–Crippen MR) is 125 cm³/mol. The number of nitrogens with one attached hydrogen (secondary N) is 2. The molecule has 1 aromatic carbocycles. The third-order valence-electron chi connectivity index (χ3n) is 6.64. The van der Waals surface area contributed by atoms with Gasteiger partial charge in [-0.1, -0.05) is 44.2 Å². The fourth-order valence-corrected chi connectivity index (χ4v) is 5.31. The number of piperazine rings is 1. The summed E-state index contributed by atoms with van der Waals surface area (Å²) < 4.78 is 0. The van der Waals surface area contributed by atoms with Gasteiger partial charge in [-0.05, 0) is 38.2 Å². The second-order valence-electron chi connectivity index (χ2n) is 10.2. The van der Waals surface area contributed by atoms with Crippen molar-refractivity contribution in [2.75, 3.05) is 19.6 Å². The first kappa shape index (κ1) is 25.2. The molecule has 0 radical (unpaired) electrons. The van der Waals surface area contributed by atoms with Crippen LogP contribution in [-0.4, -0.2) is 70.7 Å². The Morgan fingerprint density at radius 3 is 2.36 bits per heavy atom. The molecule has 0 saturated carbocycles. The van der Waals surface area contributed by atoms with Crippen LogP contribution in [0.4, 0.5) is 0 Å². The molecule has 0 aromatic heterocycles. The first-order valence-corrected chi connectivity index (χ1v) is 12.0. The summed E-state index contributed by atoms with van der Waals surface area (Å²) in [5.74, 6) is -0.782. The van der Waals surface area contributed by atoms with Gasteiger partial charge in [-0.15, -0.1) is 0 Å². The van der Waals surface area contributed by atoms with Gasteiger partial charge in [0.1, 0.15) is 6.04 Å². The maximum Gasteiger partial charge on any atom is 0.248 e. The maximum absolute atomic E-state index is 13.6. The lowest BCUT2D eigenvalue weighted by molar-refractivity contribution is -0.186. The smallest absolute Gasteiger partial charge is 0.248 e. The molecule has 3 amide bonds. The molecular weight excluding hydrogens is 420 g/mol. The Kier molecular flexibility index (Phi) is 8.13. The normalized spacial score (nSPS) is 26.2. The van der Waals surface area contributed by atoms with Crippen LogP contribution in [0.3, 0.4) is 0 Å². The molecule has 8 nitrogen and oxygen atoms in total. The lowest BCUT2D eigenvalue weighted by Crippen LogP contribution is -2.60. The molecule has 0 spiro atoms. The maximum atomic E-state index is 13.6. The second kappa shape index (κ2) is 10.7. The summed E-state index contributed by atoms with van der Waals surface area (Å²) in [4.78, 5) is 41.2. The number of hydrogen-bond donors (Lipinski definition) is 3. The van der Waals surface area contributed by atoms with Crippen LogP contribution >= 0.6 is 0 Å². The molecule has 4 unspecified atom stereocenters. The first-order chi connectivity index (χ1) is 15.6. The van der Waals surface area contributed by atoms with E-state index in [4.69, 9.17) is 0 Å². The fourth-order valence-electron chi connectivity index (χ4n) is 5.31. The van der Waals surface area contributed by atoms with Crippen molar-refractivity contribution in [3.05, 3.63) is 35.9 Å². The van der Waals surface area contributed by atoms with E-state index in [1.807, 2.05) is 58.0 Å². The summed E-state index contributed by atoms with van der Waals surface area (Å²) >= 11 is 0. The standard InChI is InChI=1S/C25H38N4O4/c1-17(2)13-25(10-11-26-24(25)32)14-22(30)29(33)21(12-20-8-6-5-7-9-20)23(31)28-15-18(3)27-19(4)16-28/h5-9,17-19,21,27,33H,10-16H2,1-4H3,(H,26,32). The second-order valence-corrected chi connectivity index (χ2v) is 10.2. The number of rotatable bonds is 8. The zero-order valence-electron chi connectivity index (χ0n) is 20.2. The van der Waals surface area contributed by atoms with Crippen molar-refractivity contribution in [2.24, 2.45) is 11.3 Å². The van der Waals surface area contributed by atoms with Gasteiger partial charge in [0.05, 0.1) is 5.41 Å². The molecule has 0 bridgehead atoms. The van der Waals surface area contributed by atoms with Crippen LogP contribution in [0.25, 0.3) is 0 Å². The van der Waals surface area contributed by atoms with Gasteiger partial charge in [0.2, 0.25) is 17.7 Å². The Hall–Kier alpha value is -2.45. The molecule has 2 saturated heterocycles. The molecule has 3 rings (SSSR count). The Morgan fingerprint density at radius 2 is 1.82 bits per heavy atom. The van der Waals surface area contributed by atoms with Gasteiger partial charge < -0.3 is 15.5 Å². The molecule has 182 valence electrons. The quantitative estimate of drug-likeness (QED) is 0.408. The minimum atomic E-state index is -1.04. The number of hydroxylamine groups is 2. The van der Waals surface area contributed by atoms with E-state index in [0.717, 1.165) is 5.56 Å². The molecule has 2 fully saturated rings. The highest BCUT2D eigenvalue weighted by Gasteiger charge is 2.46. The van der Waals surface area contributed by atoms with Crippen molar-refractivity contribution in [3.8, 4) is 0 Å². The Morgan fingerprint density at radius 1 is 1.18 bits per heavy atom. The highest BCUT2D eigenvalue weighted by molar-refractivity contribution is 5.92. The average Bonchev–Trinajstić information content (AvgIpc) is 3.09. The van der Waals surface area contributed by atoms with Gasteiger partial charge in [-0.25, -0.2) is 5.06 Å². The van der Waals surface area contributed by atoms with Crippen LogP contribution in [0, 0.1) is 11.3 Å². The van der Waals surface area contributed by atoms with E-state index in [2.05, 4.69) is 10.6 Å². The molecule has 3 N–H and O–H groups in total. The molecule has 8 heteroatoms. The zero-order valence-corrected chi connectivity index (χ0v) is 20.2. The number of carbonyl (C=O) groups is 3. The van der Waals surface area contributed by atoms with Crippen LogP contribution in [0.2, 0.25) is 0 Å². The lowest BCUT2D eigenvalue weighted by Gasteiger charge is -2.39. The average molecular weight is 459 g/mol. The van der Waals surface area contributed by atoms with E-state index >= 15 is 0 Å². The van der Waals surface area contributed by atoms with Crippen molar-refractivity contribution in [3.63, 3.8) is 0 Å². The summed E-state index contributed by atoms with van der Waals surface area (Å²) in [6, 6.07) is 8.59. The number of nitrogens with zero attached hydrogens (tertiary/aromatic N) is 2. The number of hydrogen-bond acceptors (Lipinski definition) is 5. The number of carbonyl (C=O) groups excluding carboxylic acids is 3. The summed E-state index contributed by atoms with van der Waals surface area (Å²) in [5.41, 5.74) is 0.0133. The fraction of sp³-hybridized carbons (Fsp3) is 0.640. The van der Waals surface area contributed by atoms with Gasteiger partial charge in [0, 0.05) is 44.6 Å². The minimum absolute atomic E-state index is 0.111. The SMILES string of the molecule is CC(C)CC1(CC(=O)N(O)C(Cc2ccccc2)C(=O)N2CC(C)NC(C)C2)CCNC1=O. The number of benzene rings is 1. The monoisotopic (exact) mass is 458 g/mol. The van der Waals surface area contributed by atoms with Crippen molar-refractivity contribution >= 4 is 17.7 Å². The van der Waals surface area contributed by atoms with Crippen LogP contribution in [0.5, 0.6) is 0 Å². The minimum Gasteiger partial charge on any atom is -0.356 e. The molecule has 0 aliphatic carbocycles. The van der Waals surface area contributed by atoms with E-state index in [1.54, 1.807) is 4.90 Å². The van der Waals surface area contributed by atoms with E-state index in [9.17, 15) is 19.6 Å². The molecule has 2 heterocycles. The summed E-state index contributed by atoms with van der Waals surface area (Å²) in [6.45, 7) is 9.60. The first-order valence-electron chi connectivity index (χ1n) is 12.0. The molecule has 4 atom stereocenters. The van der Waals surface area contributed by atoms with Crippen LogP contribution in [-0.2, 0) is 20.8 Å². The van der Waals surface area contributed by atoms with E-state index in [-0.39, 0.29) is 42.7 Å². The van der Waals surface area contributed by atoms with Crippen LogP contribution in [0.1, 0.15) is 52.5 Å².